The Morgan fingerprint density at radius 2 is 2.24 bits per heavy atom. The van der Waals surface area contributed by atoms with Gasteiger partial charge in [0.2, 0.25) is 0 Å². The summed E-state index contributed by atoms with van der Waals surface area (Å²) in [4.78, 5) is 4.12. The van der Waals surface area contributed by atoms with Crippen molar-refractivity contribution in [2.45, 2.75) is 29.9 Å². The van der Waals surface area contributed by atoms with Gasteiger partial charge in [-0.1, -0.05) is 6.92 Å². The molecule has 0 bridgehead atoms. The van der Waals surface area contributed by atoms with Crippen molar-refractivity contribution in [2.75, 3.05) is 17.2 Å². The molecule has 4 N–H and O–H groups in total. The third kappa shape index (κ3) is 3.30. The standard InChI is InChI=1S/C12H19N3S2/c1-8-12(17-5-4-16-8)11(14)6-9-7-15-3-2-10(9)13/h2-3,7-8,11-12H,4-6,14H2,1H3,(H2,13,15). The molecule has 1 aromatic rings. The number of rotatable bonds is 3. The molecule has 1 aromatic heterocycles. The van der Waals surface area contributed by atoms with Crippen LogP contribution < -0.4 is 11.5 Å². The van der Waals surface area contributed by atoms with Crippen LogP contribution in [0.25, 0.3) is 0 Å². The zero-order chi connectivity index (χ0) is 12.3. The molecule has 0 aliphatic carbocycles. The normalized spacial score (nSPS) is 26.7. The average Bonchev–Trinajstić information content (AvgIpc) is 2.32. The van der Waals surface area contributed by atoms with Gasteiger partial charge in [0.25, 0.3) is 0 Å². The highest BCUT2D eigenvalue weighted by molar-refractivity contribution is 8.07. The van der Waals surface area contributed by atoms with Gasteiger partial charge in [-0.15, -0.1) is 0 Å². The first kappa shape index (κ1) is 13.1. The van der Waals surface area contributed by atoms with Gasteiger partial charge >= 0.3 is 0 Å². The lowest BCUT2D eigenvalue weighted by molar-refractivity contribution is 0.622. The second kappa shape index (κ2) is 5.98. The summed E-state index contributed by atoms with van der Waals surface area (Å²) in [7, 11) is 0. The van der Waals surface area contributed by atoms with Gasteiger partial charge in [-0.2, -0.15) is 23.5 Å². The Morgan fingerprint density at radius 3 is 2.94 bits per heavy atom. The predicted octanol–water partition coefficient (Wildman–Crippen LogP) is 1.77. The molecule has 1 fully saturated rings. The van der Waals surface area contributed by atoms with Gasteiger partial charge < -0.3 is 11.5 Å². The third-order valence-electron chi connectivity index (χ3n) is 3.06. The topological polar surface area (TPSA) is 64.9 Å². The molecular weight excluding hydrogens is 250 g/mol. The van der Waals surface area contributed by atoms with Gasteiger partial charge in [-0.05, 0) is 18.1 Å². The summed E-state index contributed by atoms with van der Waals surface area (Å²) in [6.07, 6.45) is 4.38. The Kier molecular flexibility index (Phi) is 4.59. The van der Waals surface area contributed by atoms with Gasteiger partial charge in [0.15, 0.2) is 0 Å². The number of thioether (sulfide) groups is 2. The Bertz CT molecular complexity index is 373. The van der Waals surface area contributed by atoms with E-state index in [0.717, 1.165) is 17.7 Å². The zero-order valence-corrected chi connectivity index (χ0v) is 11.6. The van der Waals surface area contributed by atoms with Crippen molar-refractivity contribution in [3.8, 4) is 0 Å². The first-order chi connectivity index (χ1) is 8.18. The number of nitrogens with two attached hydrogens (primary N) is 2. The Hall–Kier alpha value is -0.390. The van der Waals surface area contributed by atoms with Crippen LogP contribution in [0.5, 0.6) is 0 Å². The number of aromatic nitrogens is 1. The van der Waals surface area contributed by atoms with E-state index in [2.05, 4.69) is 11.9 Å². The molecule has 94 valence electrons. The van der Waals surface area contributed by atoms with Gasteiger partial charge in [-0.3, -0.25) is 4.98 Å². The SMILES string of the molecule is CC1SCCSC1C(N)Cc1cnccc1N. The maximum Gasteiger partial charge on any atom is 0.0378 e. The summed E-state index contributed by atoms with van der Waals surface area (Å²) in [5.41, 5.74) is 14.1. The lowest BCUT2D eigenvalue weighted by Crippen LogP contribution is -2.42. The zero-order valence-electron chi connectivity index (χ0n) is 10.0. The molecular formula is C12H19N3S2. The molecule has 0 radical (unpaired) electrons. The van der Waals surface area contributed by atoms with Crippen molar-refractivity contribution in [3.63, 3.8) is 0 Å². The maximum atomic E-state index is 6.32. The molecule has 0 saturated carbocycles. The van der Waals surface area contributed by atoms with Crippen molar-refractivity contribution >= 4 is 29.2 Å². The molecule has 2 rings (SSSR count). The van der Waals surface area contributed by atoms with Crippen molar-refractivity contribution in [3.05, 3.63) is 24.0 Å². The third-order valence-corrected chi connectivity index (χ3v) is 6.33. The molecule has 3 atom stereocenters. The van der Waals surface area contributed by atoms with Gasteiger partial charge in [0.1, 0.15) is 0 Å². The molecule has 2 heterocycles. The first-order valence-corrected chi connectivity index (χ1v) is 7.95. The van der Waals surface area contributed by atoms with E-state index in [1.54, 1.807) is 6.20 Å². The van der Waals surface area contributed by atoms with Gasteiger partial charge in [-0.25, -0.2) is 0 Å². The molecule has 1 aliphatic heterocycles. The minimum absolute atomic E-state index is 0.161. The van der Waals surface area contributed by atoms with E-state index in [0.29, 0.717) is 10.5 Å². The van der Waals surface area contributed by atoms with E-state index >= 15 is 0 Å². The molecule has 0 aromatic carbocycles. The summed E-state index contributed by atoms with van der Waals surface area (Å²) in [6.45, 7) is 2.27. The van der Waals surface area contributed by atoms with E-state index in [1.807, 2.05) is 35.8 Å². The lowest BCUT2D eigenvalue weighted by atomic mass is 10.0. The number of hydrogen-bond donors (Lipinski definition) is 2. The van der Waals surface area contributed by atoms with Crippen LogP contribution in [-0.2, 0) is 6.42 Å². The van der Waals surface area contributed by atoms with E-state index in [9.17, 15) is 0 Å². The minimum Gasteiger partial charge on any atom is -0.398 e. The van der Waals surface area contributed by atoms with Crippen molar-refractivity contribution in [2.24, 2.45) is 5.73 Å². The van der Waals surface area contributed by atoms with Gasteiger partial charge in [0.05, 0.1) is 0 Å². The Balaban J connectivity index is 2.01. The smallest absolute Gasteiger partial charge is 0.0378 e. The average molecular weight is 269 g/mol. The Morgan fingerprint density at radius 1 is 1.47 bits per heavy atom. The van der Waals surface area contributed by atoms with Crippen LogP contribution in [0.2, 0.25) is 0 Å². The van der Waals surface area contributed by atoms with Crippen molar-refractivity contribution in [1.82, 2.24) is 4.98 Å². The van der Waals surface area contributed by atoms with Crippen LogP contribution in [0.1, 0.15) is 12.5 Å². The quantitative estimate of drug-likeness (QED) is 0.875. The van der Waals surface area contributed by atoms with Crippen LogP contribution in [0.3, 0.4) is 0 Å². The Labute approximate surface area is 111 Å². The minimum atomic E-state index is 0.161. The number of hydrogen-bond acceptors (Lipinski definition) is 5. The highest BCUT2D eigenvalue weighted by atomic mass is 32.2. The first-order valence-electron chi connectivity index (χ1n) is 5.85. The maximum absolute atomic E-state index is 6.32. The highest BCUT2D eigenvalue weighted by Gasteiger charge is 2.28. The fourth-order valence-corrected chi connectivity index (χ4v) is 4.99. The van der Waals surface area contributed by atoms with Crippen LogP contribution in [0.15, 0.2) is 18.5 Å². The molecule has 5 heteroatoms. The second-order valence-corrected chi connectivity index (χ2v) is 7.12. The lowest BCUT2D eigenvalue weighted by Gasteiger charge is -2.32. The summed E-state index contributed by atoms with van der Waals surface area (Å²) < 4.78 is 0. The van der Waals surface area contributed by atoms with Crippen LogP contribution >= 0.6 is 23.5 Å². The summed E-state index contributed by atoms with van der Waals surface area (Å²) in [5.74, 6) is 2.44. The second-order valence-electron chi connectivity index (χ2n) is 4.35. The molecule has 0 amide bonds. The number of anilines is 1. The molecule has 0 spiro atoms. The van der Waals surface area contributed by atoms with Crippen molar-refractivity contribution in [1.29, 1.82) is 0 Å². The fourth-order valence-electron chi connectivity index (χ4n) is 2.10. The van der Waals surface area contributed by atoms with E-state index < -0.39 is 0 Å². The van der Waals surface area contributed by atoms with Crippen LogP contribution in [-0.4, -0.2) is 33.0 Å². The monoisotopic (exact) mass is 269 g/mol. The summed E-state index contributed by atoms with van der Waals surface area (Å²) in [6, 6.07) is 2.00. The number of nitrogen functional groups attached to an aromatic ring is 1. The molecule has 1 saturated heterocycles. The van der Waals surface area contributed by atoms with Crippen LogP contribution in [0, 0.1) is 0 Å². The van der Waals surface area contributed by atoms with E-state index in [1.165, 1.54) is 11.5 Å². The molecule has 17 heavy (non-hydrogen) atoms. The van der Waals surface area contributed by atoms with E-state index in [4.69, 9.17) is 11.5 Å². The van der Waals surface area contributed by atoms with E-state index in [-0.39, 0.29) is 6.04 Å². The molecule has 3 nitrogen and oxygen atoms in total. The number of nitrogens with zero attached hydrogens (tertiary/aromatic N) is 1. The van der Waals surface area contributed by atoms with Crippen molar-refractivity contribution < 1.29 is 0 Å². The van der Waals surface area contributed by atoms with Gasteiger partial charge in [0, 0.05) is 46.1 Å². The largest absolute Gasteiger partial charge is 0.398 e. The number of pyridine rings is 1. The predicted molar refractivity (Wildman–Crippen MR) is 78.5 cm³/mol. The fraction of sp³-hybridized carbons (Fsp3) is 0.583. The van der Waals surface area contributed by atoms with Crippen LogP contribution in [0.4, 0.5) is 5.69 Å². The summed E-state index contributed by atoms with van der Waals surface area (Å²) >= 11 is 4.02. The molecule has 1 aliphatic rings. The summed E-state index contributed by atoms with van der Waals surface area (Å²) in [5, 5.41) is 1.15. The highest BCUT2D eigenvalue weighted by Crippen LogP contribution is 2.33. The molecule has 3 unspecified atom stereocenters.